The smallest absolute Gasteiger partial charge is 0.338 e. The number of carbonyl (C=O) groups is 1. The molecule has 0 saturated carbocycles. The molecule has 3 nitrogen and oxygen atoms in total. The van der Waals surface area contributed by atoms with Crippen molar-refractivity contribution < 1.29 is 14.3 Å². The van der Waals surface area contributed by atoms with Crippen molar-refractivity contribution in [2.75, 3.05) is 13.2 Å². The molecule has 2 aromatic rings. The van der Waals surface area contributed by atoms with E-state index < -0.39 is 0 Å². The van der Waals surface area contributed by atoms with E-state index in [9.17, 15) is 4.79 Å². The maximum Gasteiger partial charge on any atom is 0.338 e. The second kappa shape index (κ2) is 6.37. The summed E-state index contributed by atoms with van der Waals surface area (Å²) < 4.78 is 10.4. The Balaban J connectivity index is 1.86. The van der Waals surface area contributed by atoms with Gasteiger partial charge in [-0.1, -0.05) is 60.7 Å². The molecule has 3 rings (SSSR count). The summed E-state index contributed by atoms with van der Waals surface area (Å²) in [7, 11) is 0. The van der Waals surface area contributed by atoms with Gasteiger partial charge in [-0.05, 0) is 17.2 Å². The predicted molar refractivity (Wildman–Crippen MR) is 81.5 cm³/mol. The topological polar surface area (TPSA) is 38.8 Å². The van der Waals surface area contributed by atoms with E-state index in [1.165, 1.54) is 0 Å². The van der Waals surface area contributed by atoms with E-state index in [0.29, 0.717) is 18.8 Å². The van der Waals surface area contributed by atoms with E-state index in [2.05, 4.69) is 0 Å². The second-order valence-corrected chi connectivity index (χ2v) is 4.89. The predicted octanol–water partition coefficient (Wildman–Crippen LogP) is 3.17. The molecule has 1 heterocycles. The van der Waals surface area contributed by atoms with Gasteiger partial charge in [0.2, 0.25) is 0 Å². The number of hydrogen-bond acceptors (Lipinski definition) is 3. The summed E-state index contributed by atoms with van der Waals surface area (Å²) in [6.45, 7) is 0.994. The first kappa shape index (κ1) is 13.6. The first-order valence-electron chi connectivity index (χ1n) is 6.94. The van der Waals surface area contributed by atoms with Gasteiger partial charge in [-0.15, -0.1) is 0 Å². The van der Waals surface area contributed by atoms with Crippen molar-refractivity contribution in [2.24, 2.45) is 0 Å². The van der Waals surface area contributed by atoms with E-state index in [-0.39, 0.29) is 12.1 Å². The lowest BCUT2D eigenvalue weighted by atomic mass is 10.0. The average Bonchev–Trinajstić information content (AvgIpc) is 3.36. The van der Waals surface area contributed by atoms with E-state index in [1.54, 1.807) is 0 Å². The minimum atomic E-state index is -0.319. The van der Waals surface area contributed by atoms with Gasteiger partial charge in [0.1, 0.15) is 12.7 Å². The van der Waals surface area contributed by atoms with Crippen molar-refractivity contribution in [1.29, 1.82) is 0 Å². The summed E-state index contributed by atoms with van der Waals surface area (Å²) in [6.07, 6.45) is 1.92. The summed E-state index contributed by atoms with van der Waals surface area (Å²) in [4.78, 5) is 12.3. The van der Waals surface area contributed by atoms with Gasteiger partial charge in [-0.25, -0.2) is 4.79 Å². The molecule has 0 bridgehead atoms. The van der Waals surface area contributed by atoms with Crippen molar-refractivity contribution >= 4 is 17.6 Å². The lowest BCUT2D eigenvalue weighted by Crippen LogP contribution is -2.11. The Bertz CT molecular complexity index is 628. The van der Waals surface area contributed by atoms with Crippen LogP contribution in [0.25, 0.3) is 11.6 Å². The number of benzene rings is 2. The minimum Gasteiger partial charge on any atom is -0.459 e. The van der Waals surface area contributed by atoms with Gasteiger partial charge in [0.25, 0.3) is 0 Å². The number of carbonyl (C=O) groups excluding carboxylic acids is 1. The largest absolute Gasteiger partial charge is 0.459 e. The molecule has 0 N–H and O–H groups in total. The summed E-state index contributed by atoms with van der Waals surface area (Å²) in [5.41, 5.74) is 2.38. The number of esters is 1. The standard InChI is InChI=1S/C18H16O3/c19-18(21-13-16-12-20-16)17(15-9-5-2-6-10-15)11-14-7-3-1-4-8-14/h1-11,16H,12-13H2. The molecule has 21 heavy (non-hydrogen) atoms. The molecule has 0 amide bonds. The summed E-state index contributed by atoms with van der Waals surface area (Å²) in [5.74, 6) is -0.319. The number of rotatable bonds is 5. The normalized spacial score (nSPS) is 17.3. The van der Waals surface area contributed by atoms with E-state index >= 15 is 0 Å². The monoisotopic (exact) mass is 280 g/mol. The highest BCUT2D eigenvalue weighted by molar-refractivity contribution is 6.21. The van der Waals surface area contributed by atoms with Crippen LogP contribution < -0.4 is 0 Å². The van der Waals surface area contributed by atoms with Gasteiger partial charge in [-0.3, -0.25) is 0 Å². The molecule has 0 aromatic heterocycles. The van der Waals surface area contributed by atoms with Crippen LogP contribution in [0, 0.1) is 0 Å². The molecule has 1 fully saturated rings. The Morgan fingerprint density at radius 2 is 1.71 bits per heavy atom. The zero-order valence-corrected chi connectivity index (χ0v) is 11.6. The van der Waals surface area contributed by atoms with Crippen LogP contribution in [0.5, 0.6) is 0 Å². The molecule has 1 saturated heterocycles. The van der Waals surface area contributed by atoms with Gasteiger partial charge in [0.05, 0.1) is 12.2 Å². The maximum absolute atomic E-state index is 12.3. The molecule has 1 unspecified atom stereocenters. The van der Waals surface area contributed by atoms with Crippen LogP contribution >= 0.6 is 0 Å². The fourth-order valence-corrected chi connectivity index (χ4v) is 2.00. The van der Waals surface area contributed by atoms with Crippen molar-refractivity contribution in [2.45, 2.75) is 6.10 Å². The Kier molecular flexibility index (Phi) is 4.12. The van der Waals surface area contributed by atoms with Gasteiger partial charge in [0, 0.05) is 0 Å². The van der Waals surface area contributed by atoms with Crippen LogP contribution in [0.15, 0.2) is 60.7 Å². The lowest BCUT2D eigenvalue weighted by molar-refractivity contribution is -0.137. The quantitative estimate of drug-likeness (QED) is 0.365. The third kappa shape index (κ3) is 3.80. The first-order chi connectivity index (χ1) is 10.3. The van der Waals surface area contributed by atoms with Gasteiger partial charge in [-0.2, -0.15) is 0 Å². The third-order valence-corrected chi connectivity index (χ3v) is 3.22. The Morgan fingerprint density at radius 1 is 1.10 bits per heavy atom. The zero-order chi connectivity index (χ0) is 14.5. The van der Waals surface area contributed by atoms with E-state index in [1.807, 2.05) is 66.7 Å². The fourth-order valence-electron chi connectivity index (χ4n) is 2.00. The molecule has 0 aliphatic carbocycles. The van der Waals surface area contributed by atoms with Crippen LogP contribution in [0.3, 0.4) is 0 Å². The molecule has 1 aliphatic rings. The Morgan fingerprint density at radius 3 is 2.33 bits per heavy atom. The number of epoxide rings is 1. The molecule has 3 heteroatoms. The SMILES string of the molecule is O=C(OCC1CO1)C(=Cc1ccccc1)c1ccccc1. The highest BCUT2D eigenvalue weighted by Gasteiger charge is 2.25. The van der Waals surface area contributed by atoms with Crippen molar-refractivity contribution in [3.05, 3.63) is 71.8 Å². The van der Waals surface area contributed by atoms with Crippen LogP contribution in [0.4, 0.5) is 0 Å². The van der Waals surface area contributed by atoms with Gasteiger partial charge in [0.15, 0.2) is 0 Å². The van der Waals surface area contributed by atoms with Crippen molar-refractivity contribution in [3.8, 4) is 0 Å². The van der Waals surface area contributed by atoms with Crippen molar-refractivity contribution in [3.63, 3.8) is 0 Å². The van der Waals surface area contributed by atoms with Crippen LogP contribution in [0.2, 0.25) is 0 Å². The molecule has 0 spiro atoms. The number of ether oxygens (including phenoxy) is 2. The molecular weight excluding hydrogens is 264 g/mol. The Labute approximate surface area is 123 Å². The van der Waals surface area contributed by atoms with Crippen LogP contribution in [-0.2, 0) is 14.3 Å². The van der Waals surface area contributed by atoms with E-state index in [0.717, 1.165) is 11.1 Å². The molecule has 106 valence electrons. The minimum absolute atomic E-state index is 0.0719. The lowest BCUT2D eigenvalue weighted by Gasteiger charge is -2.08. The summed E-state index contributed by atoms with van der Waals surface area (Å²) >= 11 is 0. The first-order valence-corrected chi connectivity index (χ1v) is 6.94. The molecular formula is C18H16O3. The summed E-state index contributed by atoms with van der Waals surface area (Å²) in [6, 6.07) is 19.3. The van der Waals surface area contributed by atoms with Crippen LogP contribution in [0.1, 0.15) is 11.1 Å². The highest BCUT2D eigenvalue weighted by Crippen LogP contribution is 2.20. The van der Waals surface area contributed by atoms with Crippen molar-refractivity contribution in [1.82, 2.24) is 0 Å². The zero-order valence-electron chi connectivity index (χ0n) is 11.6. The molecule has 0 radical (unpaired) electrons. The van der Waals surface area contributed by atoms with E-state index in [4.69, 9.17) is 9.47 Å². The van der Waals surface area contributed by atoms with Gasteiger partial charge >= 0.3 is 5.97 Å². The maximum atomic E-state index is 12.3. The summed E-state index contributed by atoms with van der Waals surface area (Å²) in [5, 5.41) is 0. The molecule has 1 aliphatic heterocycles. The average molecular weight is 280 g/mol. The number of hydrogen-bond donors (Lipinski definition) is 0. The molecule has 1 atom stereocenters. The van der Waals surface area contributed by atoms with Crippen LogP contribution in [-0.4, -0.2) is 25.3 Å². The third-order valence-electron chi connectivity index (χ3n) is 3.22. The second-order valence-electron chi connectivity index (χ2n) is 4.89. The Hall–Kier alpha value is -2.39. The highest BCUT2D eigenvalue weighted by atomic mass is 16.6. The molecule has 2 aromatic carbocycles. The fraction of sp³-hybridized carbons (Fsp3) is 0.167. The van der Waals surface area contributed by atoms with Gasteiger partial charge < -0.3 is 9.47 Å².